The number of aromatic amines is 1. The van der Waals surface area contributed by atoms with E-state index < -0.39 is 0 Å². The maximum absolute atomic E-state index is 13.3. The summed E-state index contributed by atoms with van der Waals surface area (Å²) in [6, 6.07) is 16.2. The fraction of sp³-hybridized carbons (Fsp3) is 0.143. The van der Waals surface area contributed by atoms with Crippen LogP contribution in [0.4, 0.5) is 5.95 Å². The SMILES string of the molecule is Cc1nc2nc(N(Cc3ccccc3)C(=O)c3ccc(Cl)cc3)[nH]n2c(=O)c1C. The highest BCUT2D eigenvalue weighted by molar-refractivity contribution is 6.30. The van der Waals surface area contributed by atoms with Crippen LogP contribution in [0.25, 0.3) is 5.78 Å². The summed E-state index contributed by atoms with van der Waals surface area (Å²) in [5, 5.41) is 3.47. The lowest BCUT2D eigenvalue weighted by molar-refractivity contribution is 0.0983. The second kappa shape index (κ2) is 7.52. The lowest BCUT2D eigenvalue weighted by atomic mass is 10.1. The van der Waals surface area contributed by atoms with Crippen LogP contribution < -0.4 is 10.5 Å². The molecule has 0 saturated heterocycles. The van der Waals surface area contributed by atoms with Crippen molar-refractivity contribution in [1.29, 1.82) is 0 Å². The van der Waals surface area contributed by atoms with Crippen molar-refractivity contribution in [2.45, 2.75) is 20.4 Å². The first-order valence-corrected chi connectivity index (χ1v) is 9.39. The van der Waals surface area contributed by atoms with Gasteiger partial charge in [0.05, 0.1) is 6.54 Å². The molecule has 0 aliphatic heterocycles. The molecule has 0 unspecified atom stereocenters. The minimum absolute atomic E-state index is 0.218. The van der Waals surface area contributed by atoms with E-state index in [0.29, 0.717) is 21.8 Å². The number of benzene rings is 2. The van der Waals surface area contributed by atoms with E-state index in [4.69, 9.17) is 11.6 Å². The summed E-state index contributed by atoms with van der Waals surface area (Å²) in [4.78, 5) is 36.1. The van der Waals surface area contributed by atoms with E-state index in [2.05, 4.69) is 15.1 Å². The minimum Gasteiger partial charge on any atom is -0.272 e. The predicted octanol–water partition coefficient (Wildman–Crippen LogP) is 3.53. The molecule has 0 atom stereocenters. The molecule has 0 spiro atoms. The zero-order chi connectivity index (χ0) is 20.5. The van der Waals surface area contributed by atoms with E-state index in [1.165, 1.54) is 9.42 Å². The Bertz CT molecular complexity index is 1250. The van der Waals surface area contributed by atoms with Gasteiger partial charge in [0.25, 0.3) is 17.2 Å². The zero-order valence-corrected chi connectivity index (χ0v) is 16.6. The van der Waals surface area contributed by atoms with Gasteiger partial charge in [0.2, 0.25) is 5.95 Å². The van der Waals surface area contributed by atoms with E-state index in [1.807, 2.05) is 30.3 Å². The minimum atomic E-state index is -0.272. The fourth-order valence-corrected chi connectivity index (χ4v) is 3.10. The van der Waals surface area contributed by atoms with Gasteiger partial charge in [-0.1, -0.05) is 41.9 Å². The first-order valence-electron chi connectivity index (χ1n) is 9.01. The molecule has 4 aromatic rings. The molecule has 29 heavy (non-hydrogen) atoms. The van der Waals surface area contributed by atoms with Crippen molar-refractivity contribution in [3.63, 3.8) is 0 Å². The van der Waals surface area contributed by atoms with Crippen LogP contribution in [0.1, 0.15) is 27.2 Å². The fourth-order valence-electron chi connectivity index (χ4n) is 2.97. The molecule has 0 aliphatic carbocycles. The van der Waals surface area contributed by atoms with Crippen LogP contribution in [0.5, 0.6) is 0 Å². The number of halogens is 1. The summed E-state index contributed by atoms with van der Waals surface area (Å²) < 4.78 is 1.25. The predicted molar refractivity (Wildman–Crippen MR) is 111 cm³/mol. The van der Waals surface area contributed by atoms with Gasteiger partial charge in [-0.2, -0.15) is 9.50 Å². The molecule has 0 aliphatic rings. The number of hydrogen-bond donors (Lipinski definition) is 1. The summed E-state index contributed by atoms with van der Waals surface area (Å²) in [7, 11) is 0. The summed E-state index contributed by atoms with van der Waals surface area (Å²) in [5.41, 5.74) is 2.26. The van der Waals surface area contributed by atoms with Crippen molar-refractivity contribution in [2.75, 3.05) is 4.90 Å². The zero-order valence-electron chi connectivity index (χ0n) is 15.9. The Kier molecular flexibility index (Phi) is 4.90. The number of carbonyl (C=O) groups is 1. The van der Waals surface area contributed by atoms with Gasteiger partial charge in [-0.15, -0.1) is 0 Å². The molecular weight excluding hydrogens is 390 g/mol. The lowest BCUT2D eigenvalue weighted by Gasteiger charge is -2.20. The standard InChI is InChI=1S/C21H18ClN5O2/c1-13-14(2)23-20-24-21(25-27(20)18(13)28)26(12-15-6-4-3-5-7-15)19(29)16-8-10-17(22)11-9-16/h3-11H,12H2,1-2H3,(H,23,24,25). The molecule has 2 heterocycles. The van der Waals surface area contributed by atoms with E-state index >= 15 is 0 Å². The first kappa shape index (κ1) is 18.9. The third-order valence-electron chi connectivity index (χ3n) is 4.73. The lowest BCUT2D eigenvalue weighted by Crippen LogP contribution is -2.31. The molecule has 146 valence electrons. The van der Waals surface area contributed by atoms with Crippen molar-refractivity contribution in [3.8, 4) is 0 Å². The van der Waals surface area contributed by atoms with Crippen molar-refractivity contribution in [1.82, 2.24) is 19.6 Å². The maximum Gasteiger partial charge on any atom is 0.277 e. The molecule has 7 nitrogen and oxygen atoms in total. The molecule has 0 saturated carbocycles. The number of nitrogens with one attached hydrogen (secondary N) is 1. The summed E-state index contributed by atoms with van der Waals surface area (Å²) in [5.74, 6) is 0.185. The highest BCUT2D eigenvalue weighted by atomic mass is 35.5. The molecule has 4 rings (SSSR count). The molecule has 2 aromatic heterocycles. The van der Waals surface area contributed by atoms with Gasteiger partial charge >= 0.3 is 0 Å². The topological polar surface area (TPSA) is 83.4 Å². The van der Waals surface area contributed by atoms with Crippen LogP contribution in [0, 0.1) is 13.8 Å². The number of aromatic nitrogens is 4. The summed E-state index contributed by atoms with van der Waals surface area (Å²) in [6.45, 7) is 3.73. The molecule has 0 bridgehead atoms. The first-order chi connectivity index (χ1) is 13.9. The molecule has 2 aromatic carbocycles. The van der Waals surface area contributed by atoms with Crippen molar-refractivity contribution < 1.29 is 4.79 Å². The molecule has 0 fully saturated rings. The van der Waals surface area contributed by atoms with Gasteiger partial charge in [-0.05, 0) is 43.7 Å². The number of aryl methyl sites for hydroxylation is 1. The number of fused-ring (bicyclic) bond motifs is 1. The van der Waals surface area contributed by atoms with Crippen LogP contribution >= 0.6 is 11.6 Å². The number of carbonyl (C=O) groups excluding carboxylic acids is 1. The van der Waals surface area contributed by atoms with Crippen LogP contribution in [0.2, 0.25) is 5.02 Å². The van der Waals surface area contributed by atoms with E-state index in [1.54, 1.807) is 38.1 Å². The molecular formula is C21H18ClN5O2. The van der Waals surface area contributed by atoms with Crippen LogP contribution in [-0.4, -0.2) is 25.5 Å². The summed E-state index contributed by atoms with van der Waals surface area (Å²) >= 11 is 5.95. The number of nitrogens with zero attached hydrogens (tertiary/aromatic N) is 4. The Hall–Kier alpha value is -3.45. The van der Waals surface area contributed by atoms with Crippen LogP contribution in [0.15, 0.2) is 59.4 Å². The molecule has 1 amide bonds. The van der Waals surface area contributed by atoms with Crippen molar-refractivity contribution >= 4 is 29.2 Å². The monoisotopic (exact) mass is 407 g/mol. The van der Waals surface area contributed by atoms with Gasteiger partial charge in [0.15, 0.2) is 0 Å². The number of H-pyrrole nitrogens is 1. The highest BCUT2D eigenvalue weighted by Gasteiger charge is 2.23. The van der Waals surface area contributed by atoms with Gasteiger partial charge in [-0.25, -0.2) is 4.98 Å². The third-order valence-corrected chi connectivity index (χ3v) is 4.98. The van der Waals surface area contributed by atoms with Crippen LogP contribution in [-0.2, 0) is 6.54 Å². The Labute approximate surface area is 171 Å². The summed E-state index contributed by atoms with van der Waals surface area (Å²) in [6.07, 6.45) is 0. The van der Waals surface area contributed by atoms with E-state index in [9.17, 15) is 9.59 Å². The Morgan fingerprint density at radius 3 is 2.45 bits per heavy atom. The van der Waals surface area contributed by atoms with Gasteiger partial charge in [0.1, 0.15) is 0 Å². The smallest absolute Gasteiger partial charge is 0.272 e. The second-order valence-corrected chi connectivity index (χ2v) is 7.13. The second-order valence-electron chi connectivity index (χ2n) is 6.69. The number of hydrogen-bond acceptors (Lipinski definition) is 4. The largest absolute Gasteiger partial charge is 0.277 e. The Morgan fingerprint density at radius 1 is 1.07 bits per heavy atom. The molecule has 8 heteroatoms. The maximum atomic E-state index is 13.3. The van der Waals surface area contributed by atoms with E-state index in [0.717, 1.165) is 5.56 Å². The Balaban J connectivity index is 1.82. The third kappa shape index (κ3) is 3.64. The van der Waals surface area contributed by atoms with Gasteiger partial charge in [-0.3, -0.25) is 19.6 Å². The highest BCUT2D eigenvalue weighted by Crippen LogP contribution is 2.19. The Morgan fingerprint density at radius 2 is 1.76 bits per heavy atom. The average Bonchev–Trinajstić information content (AvgIpc) is 3.15. The van der Waals surface area contributed by atoms with Gasteiger partial charge < -0.3 is 0 Å². The number of anilines is 1. The molecule has 1 N–H and O–H groups in total. The van der Waals surface area contributed by atoms with Gasteiger partial charge in [0, 0.05) is 21.8 Å². The van der Waals surface area contributed by atoms with Crippen molar-refractivity contribution in [2.24, 2.45) is 0 Å². The normalized spacial score (nSPS) is 11.0. The molecule has 0 radical (unpaired) electrons. The van der Waals surface area contributed by atoms with Crippen LogP contribution in [0.3, 0.4) is 0 Å². The number of amides is 1. The average molecular weight is 408 g/mol. The quantitative estimate of drug-likeness (QED) is 0.561. The number of rotatable bonds is 4. The van der Waals surface area contributed by atoms with Crippen molar-refractivity contribution in [3.05, 3.63) is 92.4 Å². The van der Waals surface area contributed by atoms with E-state index in [-0.39, 0.29) is 29.7 Å².